The Morgan fingerprint density at radius 1 is 1.65 bits per heavy atom. The van der Waals surface area contributed by atoms with E-state index in [0.717, 1.165) is 38.5 Å². The Morgan fingerprint density at radius 2 is 2.53 bits per heavy atom. The van der Waals surface area contributed by atoms with E-state index in [-0.39, 0.29) is 5.60 Å². The summed E-state index contributed by atoms with van der Waals surface area (Å²) in [6.45, 7) is 5.33. The number of aromatic nitrogens is 2. The fourth-order valence-electron chi connectivity index (χ4n) is 2.09. The molecule has 1 aromatic heterocycles. The fourth-order valence-corrected chi connectivity index (χ4v) is 2.09. The van der Waals surface area contributed by atoms with Crippen LogP contribution in [0.4, 0.5) is 5.95 Å². The summed E-state index contributed by atoms with van der Waals surface area (Å²) in [5.74, 6) is 0.888. The minimum atomic E-state index is -0.0436. The van der Waals surface area contributed by atoms with Crippen molar-refractivity contribution in [2.75, 3.05) is 32.2 Å². The van der Waals surface area contributed by atoms with Crippen LogP contribution in [0.3, 0.4) is 0 Å². The van der Waals surface area contributed by atoms with Gasteiger partial charge >= 0.3 is 0 Å². The van der Waals surface area contributed by atoms with Crippen LogP contribution in [0, 0.1) is 0 Å². The molecule has 0 bridgehead atoms. The van der Waals surface area contributed by atoms with Crippen LogP contribution < -0.4 is 5.32 Å². The summed E-state index contributed by atoms with van der Waals surface area (Å²) in [6.07, 6.45) is 6.02. The zero-order chi connectivity index (χ0) is 12.1. The van der Waals surface area contributed by atoms with E-state index in [1.54, 1.807) is 13.3 Å². The summed E-state index contributed by atoms with van der Waals surface area (Å²) in [4.78, 5) is 4.30. The van der Waals surface area contributed by atoms with E-state index in [1.807, 2.05) is 6.20 Å². The highest BCUT2D eigenvalue weighted by Crippen LogP contribution is 2.25. The minimum Gasteiger partial charge on any atom is -0.383 e. The van der Waals surface area contributed by atoms with Gasteiger partial charge in [0.05, 0.1) is 12.2 Å². The van der Waals surface area contributed by atoms with Gasteiger partial charge in [-0.2, -0.15) is 0 Å². The first kappa shape index (κ1) is 12.4. The number of ether oxygens (including phenoxy) is 2. The summed E-state index contributed by atoms with van der Waals surface area (Å²) in [7, 11) is 1.71. The van der Waals surface area contributed by atoms with Gasteiger partial charge in [0.15, 0.2) is 0 Å². The van der Waals surface area contributed by atoms with Crippen LogP contribution in [0.25, 0.3) is 0 Å². The van der Waals surface area contributed by atoms with Crippen LogP contribution >= 0.6 is 0 Å². The molecule has 2 heterocycles. The maximum atomic E-state index is 5.74. The summed E-state index contributed by atoms with van der Waals surface area (Å²) < 4.78 is 12.9. The van der Waals surface area contributed by atoms with Gasteiger partial charge in [0.2, 0.25) is 5.95 Å². The van der Waals surface area contributed by atoms with E-state index in [1.165, 1.54) is 0 Å². The zero-order valence-corrected chi connectivity index (χ0v) is 10.6. The Bertz CT molecular complexity index is 345. The second-order valence-corrected chi connectivity index (χ2v) is 4.69. The van der Waals surface area contributed by atoms with E-state index in [2.05, 4.69) is 21.8 Å². The summed E-state index contributed by atoms with van der Waals surface area (Å²) in [6, 6.07) is 0. The molecule has 1 N–H and O–H groups in total. The lowest BCUT2D eigenvalue weighted by Gasteiger charge is -2.23. The number of imidazole rings is 1. The second-order valence-electron chi connectivity index (χ2n) is 4.69. The molecule has 0 radical (unpaired) electrons. The molecule has 1 fully saturated rings. The number of methoxy groups -OCH3 is 1. The van der Waals surface area contributed by atoms with Crippen molar-refractivity contribution in [1.82, 2.24) is 9.55 Å². The van der Waals surface area contributed by atoms with E-state index in [0.29, 0.717) is 6.61 Å². The molecule has 17 heavy (non-hydrogen) atoms. The van der Waals surface area contributed by atoms with Crippen molar-refractivity contribution in [2.45, 2.75) is 31.9 Å². The molecule has 0 spiro atoms. The molecule has 0 saturated carbocycles. The molecule has 1 atom stereocenters. The van der Waals surface area contributed by atoms with Gasteiger partial charge < -0.3 is 19.4 Å². The van der Waals surface area contributed by atoms with Crippen molar-refractivity contribution in [3.8, 4) is 0 Å². The summed E-state index contributed by atoms with van der Waals surface area (Å²) in [5.41, 5.74) is -0.0436. The van der Waals surface area contributed by atoms with Gasteiger partial charge in [0, 0.05) is 39.2 Å². The Kier molecular flexibility index (Phi) is 4.02. The molecule has 0 amide bonds. The van der Waals surface area contributed by atoms with Gasteiger partial charge in [-0.3, -0.25) is 0 Å². The Balaban J connectivity index is 1.87. The second kappa shape index (κ2) is 5.51. The average Bonchev–Trinajstić information content (AvgIpc) is 2.93. The van der Waals surface area contributed by atoms with Crippen molar-refractivity contribution < 1.29 is 9.47 Å². The molecule has 0 aliphatic carbocycles. The highest BCUT2D eigenvalue weighted by Gasteiger charge is 2.29. The maximum Gasteiger partial charge on any atom is 0.202 e. The number of hydrogen-bond acceptors (Lipinski definition) is 4. The predicted octanol–water partition coefficient (Wildman–Crippen LogP) is 1.51. The van der Waals surface area contributed by atoms with Crippen LogP contribution in [0.5, 0.6) is 0 Å². The third-order valence-electron chi connectivity index (χ3n) is 3.17. The van der Waals surface area contributed by atoms with Crippen LogP contribution in [0.1, 0.15) is 19.8 Å². The monoisotopic (exact) mass is 239 g/mol. The third kappa shape index (κ3) is 3.20. The molecule has 1 saturated heterocycles. The normalized spacial score (nSPS) is 24.1. The molecular formula is C12H21N3O2. The van der Waals surface area contributed by atoms with Gasteiger partial charge in [-0.05, 0) is 19.8 Å². The SMILES string of the molecule is COCCn1ccnc1NCC1(C)CCCO1. The molecule has 96 valence electrons. The molecule has 5 nitrogen and oxygen atoms in total. The van der Waals surface area contributed by atoms with Gasteiger partial charge in [0.1, 0.15) is 0 Å². The van der Waals surface area contributed by atoms with Crippen molar-refractivity contribution in [1.29, 1.82) is 0 Å². The lowest BCUT2D eigenvalue weighted by molar-refractivity contribution is 0.0313. The summed E-state index contributed by atoms with van der Waals surface area (Å²) in [5, 5.41) is 3.36. The smallest absolute Gasteiger partial charge is 0.202 e. The van der Waals surface area contributed by atoms with Crippen molar-refractivity contribution >= 4 is 5.95 Å². The van der Waals surface area contributed by atoms with Gasteiger partial charge in [-0.25, -0.2) is 4.98 Å². The quantitative estimate of drug-likeness (QED) is 0.817. The first-order chi connectivity index (χ1) is 8.23. The standard InChI is InChI=1S/C12H21N3O2/c1-12(4-3-8-17-12)10-14-11-13-5-6-15(11)7-9-16-2/h5-6H,3-4,7-10H2,1-2H3,(H,13,14). The minimum absolute atomic E-state index is 0.0436. The topological polar surface area (TPSA) is 48.3 Å². The number of rotatable bonds is 6. The maximum absolute atomic E-state index is 5.74. The molecule has 1 aromatic rings. The summed E-state index contributed by atoms with van der Waals surface area (Å²) >= 11 is 0. The van der Waals surface area contributed by atoms with E-state index in [9.17, 15) is 0 Å². The fraction of sp³-hybridized carbons (Fsp3) is 0.750. The lowest BCUT2D eigenvalue weighted by atomic mass is 10.0. The third-order valence-corrected chi connectivity index (χ3v) is 3.17. The van der Waals surface area contributed by atoms with E-state index < -0.39 is 0 Å². The van der Waals surface area contributed by atoms with Crippen molar-refractivity contribution in [3.05, 3.63) is 12.4 Å². The first-order valence-electron chi connectivity index (χ1n) is 6.11. The number of nitrogens with one attached hydrogen (secondary N) is 1. The van der Waals surface area contributed by atoms with E-state index >= 15 is 0 Å². The molecule has 1 unspecified atom stereocenters. The van der Waals surface area contributed by atoms with E-state index in [4.69, 9.17) is 9.47 Å². The zero-order valence-electron chi connectivity index (χ0n) is 10.6. The molecule has 1 aliphatic heterocycles. The number of hydrogen-bond donors (Lipinski definition) is 1. The van der Waals surface area contributed by atoms with Crippen LogP contribution in [-0.2, 0) is 16.0 Å². The van der Waals surface area contributed by atoms with Gasteiger partial charge in [-0.15, -0.1) is 0 Å². The number of anilines is 1. The largest absolute Gasteiger partial charge is 0.383 e. The molecular weight excluding hydrogens is 218 g/mol. The van der Waals surface area contributed by atoms with Crippen LogP contribution in [0.15, 0.2) is 12.4 Å². The highest BCUT2D eigenvalue weighted by atomic mass is 16.5. The highest BCUT2D eigenvalue weighted by molar-refractivity contribution is 5.26. The van der Waals surface area contributed by atoms with Crippen molar-refractivity contribution in [3.63, 3.8) is 0 Å². The van der Waals surface area contributed by atoms with Gasteiger partial charge in [0.25, 0.3) is 0 Å². The first-order valence-corrected chi connectivity index (χ1v) is 6.11. The van der Waals surface area contributed by atoms with Crippen LogP contribution in [-0.4, -0.2) is 42.0 Å². The van der Waals surface area contributed by atoms with Crippen LogP contribution in [0.2, 0.25) is 0 Å². The lowest BCUT2D eigenvalue weighted by Crippen LogP contribution is -2.33. The number of nitrogens with zero attached hydrogens (tertiary/aromatic N) is 2. The average molecular weight is 239 g/mol. The molecule has 5 heteroatoms. The predicted molar refractivity (Wildman–Crippen MR) is 66.2 cm³/mol. The van der Waals surface area contributed by atoms with Crippen molar-refractivity contribution in [2.24, 2.45) is 0 Å². The Hall–Kier alpha value is -1.07. The van der Waals surface area contributed by atoms with Gasteiger partial charge in [-0.1, -0.05) is 0 Å². The Morgan fingerprint density at radius 3 is 3.24 bits per heavy atom. The Labute approximate surface area is 102 Å². The molecule has 1 aliphatic rings. The molecule has 2 rings (SSSR count). The molecule has 0 aromatic carbocycles.